The van der Waals surface area contributed by atoms with Gasteiger partial charge in [0.05, 0.1) is 5.56 Å². The van der Waals surface area contributed by atoms with Gasteiger partial charge in [0, 0.05) is 17.2 Å². The number of amides is 1. The van der Waals surface area contributed by atoms with E-state index in [-0.39, 0.29) is 28.5 Å². The quantitative estimate of drug-likeness (QED) is 0.828. The second-order valence-corrected chi connectivity index (χ2v) is 5.91. The molecule has 1 fully saturated rings. The van der Waals surface area contributed by atoms with E-state index >= 15 is 0 Å². The number of carboxylic acid groups (broad SMARTS) is 1. The number of nitrogens with one attached hydrogen (secondary N) is 1. The lowest BCUT2D eigenvalue weighted by atomic mass is 10.0. The fraction of sp³-hybridized carbons (Fsp3) is 0.222. The summed E-state index contributed by atoms with van der Waals surface area (Å²) in [5, 5.41) is 11.7. The summed E-state index contributed by atoms with van der Waals surface area (Å²) in [7, 11) is 0. The van der Waals surface area contributed by atoms with Gasteiger partial charge in [-0.3, -0.25) is 4.79 Å². The summed E-state index contributed by atoms with van der Waals surface area (Å²) in [5.41, 5.74) is 0.491. The van der Waals surface area contributed by atoms with E-state index < -0.39 is 18.1 Å². The maximum absolute atomic E-state index is 12.7. The predicted octanol–water partition coefficient (Wildman–Crippen LogP) is 4.30. The van der Waals surface area contributed by atoms with Gasteiger partial charge in [-0.2, -0.15) is 0 Å². The molecule has 1 saturated carbocycles. The molecule has 0 saturated heterocycles. The number of carbonyl (C=O) groups excluding carboxylic acids is 1. The molecule has 2 N–H and O–H groups in total. The van der Waals surface area contributed by atoms with Crippen LogP contribution in [-0.2, 0) is 4.79 Å². The Morgan fingerprint density at radius 3 is 2.46 bits per heavy atom. The van der Waals surface area contributed by atoms with Gasteiger partial charge in [0.25, 0.3) is 0 Å². The minimum absolute atomic E-state index is 0.0269. The number of carboxylic acids is 1. The zero-order valence-corrected chi connectivity index (χ0v) is 13.3. The van der Waals surface area contributed by atoms with E-state index in [1.807, 2.05) is 0 Å². The Morgan fingerprint density at radius 1 is 1.12 bits per heavy atom. The van der Waals surface area contributed by atoms with Crippen molar-refractivity contribution in [3.63, 3.8) is 0 Å². The van der Waals surface area contributed by atoms with E-state index in [0.717, 1.165) is 18.9 Å². The highest BCUT2D eigenvalue weighted by Gasteiger charge is 2.33. The molecule has 0 heterocycles. The minimum Gasteiger partial charge on any atom is -0.478 e. The van der Waals surface area contributed by atoms with E-state index in [1.165, 1.54) is 36.4 Å². The second kappa shape index (κ2) is 6.70. The number of benzene rings is 2. The number of alkyl halides is 3. The number of rotatable bonds is 5. The molecular formula is C18H14F3NO4. The van der Waals surface area contributed by atoms with Crippen molar-refractivity contribution in [2.75, 3.05) is 5.32 Å². The van der Waals surface area contributed by atoms with Gasteiger partial charge in [0.15, 0.2) is 0 Å². The molecule has 0 aromatic heterocycles. The van der Waals surface area contributed by atoms with Gasteiger partial charge in [0.1, 0.15) is 5.75 Å². The lowest BCUT2D eigenvalue weighted by Crippen LogP contribution is -2.18. The van der Waals surface area contributed by atoms with Crippen molar-refractivity contribution in [1.82, 2.24) is 0 Å². The van der Waals surface area contributed by atoms with Crippen LogP contribution in [0.4, 0.5) is 18.9 Å². The van der Waals surface area contributed by atoms with Crippen molar-refractivity contribution < 1.29 is 32.6 Å². The number of hydrogen-bond donors (Lipinski definition) is 2. The molecule has 0 atom stereocenters. The number of ether oxygens (including phenoxy) is 1. The molecular weight excluding hydrogens is 351 g/mol. The third-order valence-electron chi connectivity index (χ3n) is 3.84. The van der Waals surface area contributed by atoms with Crippen molar-refractivity contribution >= 4 is 17.6 Å². The lowest BCUT2D eigenvalue weighted by molar-refractivity contribution is -0.274. The highest BCUT2D eigenvalue weighted by Crippen LogP contribution is 2.37. The van der Waals surface area contributed by atoms with Crippen molar-refractivity contribution in [2.45, 2.75) is 19.2 Å². The smallest absolute Gasteiger partial charge is 0.478 e. The molecule has 2 aromatic rings. The summed E-state index contributed by atoms with van der Waals surface area (Å²) in [6.07, 6.45) is -3.33. The largest absolute Gasteiger partial charge is 0.573 e. The topological polar surface area (TPSA) is 75.6 Å². The molecule has 136 valence electrons. The van der Waals surface area contributed by atoms with E-state index in [1.54, 1.807) is 0 Å². The molecule has 0 unspecified atom stereocenters. The minimum atomic E-state index is -4.90. The summed E-state index contributed by atoms with van der Waals surface area (Å²) in [6, 6.07) is 9.21. The molecule has 0 aliphatic heterocycles. The van der Waals surface area contributed by atoms with E-state index in [4.69, 9.17) is 5.11 Å². The van der Waals surface area contributed by atoms with E-state index in [0.29, 0.717) is 5.69 Å². The van der Waals surface area contributed by atoms with Crippen LogP contribution in [0.1, 0.15) is 23.2 Å². The summed E-state index contributed by atoms with van der Waals surface area (Å²) in [6.45, 7) is 0. The fourth-order valence-electron chi connectivity index (χ4n) is 2.46. The van der Waals surface area contributed by atoms with Gasteiger partial charge in [-0.25, -0.2) is 4.79 Å². The first kappa shape index (κ1) is 17.8. The number of hydrogen-bond acceptors (Lipinski definition) is 3. The van der Waals surface area contributed by atoms with Gasteiger partial charge < -0.3 is 15.2 Å². The first-order chi connectivity index (χ1) is 12.2. The average molecular weight is 365 g/mol. The van der Waals surface area contributed by atoms with Crippen LogP contribution in [0, 0.1) is 5.92 Å². The van der Waals surface area contributed by atoms with Crippen molar-refractivity contribution in [2.24, 2.45) is 5.92 Å². The van der Waals surface area contributed by atoms with Crippen molar-refractivity contribution in [3.05, 3.63) is 48.0 Å². The van der Waals surface area contributed by atoms with Crippen LogP contribution in [0.2, 0.25) is 0 Å². The van der Waals surface area contributed by atoms with Gasteiger partial charge in [-0.1, -0.05) is 12.1 Å². The Morgan fingerprint density at radius 2 is 1.85 bits per heavy atom. The van der Waals surface area contributed by atoms with Crippen LogP contribution in [0.25, 0.3) is 11.1 Å². The normalized spacial score (nSPS) is 14.0. The van der Waals surface area contributed by atoms with Crippen LogP contribution >= 0.6 is 0 Å². The first-order valence-electron chi connectivity index (χ1n) is 7.77. The van der Waals surface area contributed by atoms with Crippen LogP contribution in [0.3, 0.4) is 0 Å². The molecule has 8 heteroatoms. The predicted molar refractivity (Wildman–Crippen MR) is 86.9 cm³/mol. The van der Waals surface area contributed by atoms with Gasteiger partial charge in [-0.05, 0) is 48.7 Å². The molecule has 0 bridgehead atoms. The first-order valence-corrected chi connectivity index (χ1v) is 7.77. The Bertz CT molecular complexity index is 860. The summed E-state index contributed by atoms with van der Waals surface area (Å²) in [5.74, 6) is -1.95. The highest BCUT2D eigenvalue weighted by atomic mass is 19.4. The molecule has 5 nitrogen and oxygen atoms in total. The standard InChI is InChI=1S/C18H14F3NO4/c19-18(20,21)26-15-7-6-13(22-16(23)10-4-5-10)9-14(15)11-2-1-3-12(8-11)17(24)25/h1-3,6-10H,4-5H2,(H,22,23)(H,24,25). The Hall–Kier alpha value is -3.03. The van der Waals surface area contributed by atoms with Crippen molar-refractivity contribution in [3.8, 4) is 16.9 Å². The molecule has 1 amide bonds. The molecule has 3 rings (SSSR count). The van der Waals surface area contributed by atoms with Crippen LogP contribution in [0.15, 0.2) is 42.5 Å². The monoisotopic (exact) mass is 365 g/mol. The zero-order chi connectivity index (χ0) is 18.9. The molecule has 0 radical (unpaired) electrons. The summed E-state index contributed by atoms with van der Waals surface area (Å²) < 4.78 is 42.1. The number of halogens is 3. The molecule has 1 aliphatic rings. The van der Waals surface area contributed by atoms with Crippen LogP contribution in [-0.4, -0.2) is 23.3 Å². The third kappa shape index (κ3) is 4.33. The maximum atomic E-state index is 12.7. The number of carbonyl (C=O) groups is 2. The third-order valence-corrected chi connectivity index (χ3v) is 3.84. The van der Waals surface area contributed by atoms with Gasteiger partial charge >= 0.3 is 12.3 Å². The molecule has 1 aliphatic carbocycles. The van der Waals surface area contributed by atoms with Gasteiger partial charge in [-0.15, -0.1) is 13.2 Å². The van der Waals surface area contributed by atoms with Crippen LogP contribution < -0.4 is 10.1 Å². The van der Waals surface area contributed by atoms with E-state index in [9.17, 15) is 22.8 Å². The van der Waals surface area contributed by atoms with Crippen molar-refractivity contribution in [1.29, 1.82) is 0 Å². The second-order valence-electron chi connectivity index (χ2n) is 5.91. The molecule has 0 spiro atoms. The zero-order valence-electron chi connectivity index (χ0n) is 13.3. The van der Waals surface area contributed by atoms with E-state index in [2.05, 4.69) is 10.1 Å². The Labute approximate surface area is 146 Å². The summed E-state index contributed by atoms with van der Waals surface area (Å²) in [4.78, 5) is 23.0. The molecule has 2 aromatic carbocycles. The maximum Gasteiger partial charge on any atom is 0.573 e. The highest BCUT2D eigenvalue weighted by molar-refractivity contribution is 5.95. The summed E-state index contributed by atoms with van der Waals surface area (Å²) >= 11 is 0. The van der Waals surface area contributed by atoms with Gasteiger partial charge in [0.2, 0.25) is 5.91 Å². The lowest BCUT2D eigenvalue weighted by Gasteiger charge is -2.15. The van der Waals surface area contributed by atoms with Crippen LogP contribution in [0.5, 0.6) is 5.75 Å². The Kier molecular flexibility index (Phi) is 4.58. The average Bonchev–Trinajstić information content (AvgIpc) is 3.40. The molecule has 26 heavy (non-hydrogen) atoms. The number of anilines is 1. The fourth-order valence-corrected chi connectivity index (χ4v) is 2.46. The number of aromatic carboxylic acids is 1. The Balaban J connectivity index is 2.01. The SMILES string of the molecule is O=C(O)c1cccc(-c2cc(NC(=O)C3CC3)ccc2OC(F)(F)F)c1.